The molecule has 1 aliphatic heterocycles. The Morgan fingerprint density at radius 1 is 0.900 bits per heavy atom. The van der Waals surface area contributed by atoms with Crippen LogP contribution in [0.15, 0.2) is 77.7 Å². The molecule has 1 aromatic heterocycles. The van der Waals surface area contributed by atoms with Gasteiger partial charge in [0, 0.05) is 38.4 Å². The number of aliphatic hydroxyl groups is 1. The summed E-state index contributed by atoms with van der Waals surface area (Å²) in [5.41, 5.74) is 2.44. The van der Waals surface area contributed by atoms with E-state index >= 15 is 0 Å². The van der Waals surface area contributed by atoms with Crippen molar-refractivity contribution in [2.45, 2.75) is 38.5 Å². The molecule has 5 nitrogen and oxygen atoms in total. The van der Waals surface area contributed by atoms with Crippen molar-refractivity contribution in [3.8, 4) is 11.5 Å². The van der Waals surface area contributed by atoms with E-state index in [0.717, 1.165) is 44.6 Å². The number of aliphatic hydroxyl groups excluding tert-OH is 1. The number of hydrogen-bond donors (Lipinski definition) is 1. The molecule has 1 saturated heterocycles. The third kappa shape index (κ3) is 5.59. The number of piperidine rings is 1. The monoisotopic (exact) mass is 404 g/mol. The average Bonchev–Trinajstić information content (AvgIpc) is 2.77. The van der Waals surface area contributed by atoms with E-state index in [4.69, 9.17) is 4.74 Å². The Morgan fingerprint density at radius 3 is 2.30 bits per heavy atom. The minimum Gasteiger partial charge on any atom is -0.457 e. The number of hydrogen-bond acceptors (Lipinski definition) is 4. The van der Waals surface area contributed by atoms with E-state index in [1.165, 1.54) is 17.2 Å². The van der Waals surface area contributed by atoms with Gasteiger partial charge in [-0.3, -0.25) is 9.69 Å². The predicted octanol–water partition coefficient (Wildman–Crippen LogP) is 3.84. The standard InChI is InChI=1S/C25H28N2O3/c28-22-11-14-26(15-12-22)19-21-8-6-20(7-9-21)10-16-27-17-13-24(18-25(27)29)30-23-4-2-1-3-5-23/h1-9,13,17-18,22,28H,10-12,14-16,19H2. The molecule has 0 spiro atoms. The molecule has 1 aliphatic rings. The second-order valence-corrected chi connectivity index (χ2v) is 7.88. The van der Waals surface area contributed by atoms with Gasteiger partial charge in [-0.2, -0.15) is 0 Å². The highest BCUT2D eigenvalue weighted by Crippen LogP contribution is 2.19. The maximum absolute atomic E-state index is 12.4. The van der Waals surface area contributed by atoms with Gasteiger partial charge in [0.25, 0.3) is 5.56 Å². The first-order chi connectivity index (χ1) is 14.7. The van der Waals surface area contributed by atoms with Crippen molar-refractivity contribution in [1.82, 2.24) is 9.47 Å². The third-order valence-corrected chi connectivity index (χ3v) is 5.57. The number of ether oxygens (including phenoxy) is 1. The lowest BCUT2D eigenvalue weighted by Crippen LogP contribution is -2.35. The Balaban J connectivity index is 1.30. The average molecular weight is 405 g/mol. The quantitative estimate of drug-likeness (QED) is 0.650. The summed E-state index contributed by atoms with van der Waals surface area (Å²) >= 11 is 0. The number of nitrogens with zero attached hydrogens (tertiary/aromatic N) is 2. The van der Waals surface area contributed by atoms with Crippen LogP contribution in [0.1, 0.15) is 24.0 Å². The van der Waals surface area contributed by atoms with E-state index in [0.29, 0.717) is 12.3 Å². The maximum Gasteiger partial charge on any atom is 0.254 e. The van der Waals surface area contributed by atoms with Gasteiger partial charge >= 0.3 is 0 Å². The molecule has 2 aromatic carbocycles. The first kappa shape index (κ1) is 20.4. The van der Waals surface area contributed by atoms with Gasteiger partial charge in [0.05, 0.1) is 6.10 Å². The second-order valence-electron chi connectivity index (χ2n) is 7.88. The normalized spacial score (nSPS) is 15.2. The van der Waals surface area contributed by atoms with Gasteiger partial charge in [-0.15, -0.1) is 0 Å². The number of benzene rings is 2. The third-order valence-electron chi connectivity index (χ3n) is 5.57. The molecule has 3 aromatic rings. The summed E-state index contributed by atoms with van der Waals surface area (Å²) in [6.45, 7) is 3.47. The molecule has 156 valence electrons. The number of aromatic nitrogens is 1. The van der Waals surface area contributed by atoms with E-state index in [1.54, 1.807) is 10.8 Å². The van der Waals surface area contributed by atoms with Gasteiger partial charge in [-0.05, 0) is 48.6 Å². The van der Waals surface area contributed by atoms with Crippen molar-refractivity contribution in [1.29, 1.82) is 0 Å². The van der Waals surface area contributed by atoms with E-state index < -0.39 is 0 Å². The molecular formula is C25H28N2O3. The molecule has 2 heterocycles. The van der Waals surface area contributed by atoms with Crippen molar-refractivity contribution >= 4 is 0 Å². The molecule has 0 amide bonds. The van der Waals surface area contributed by atoms with Crippen molar-refractivity contribution in [2.24, 2.45) is 0 Å². The molecule has 0 saturated carbocycles. The molecule has 1 N–H and O–H groups in total. The van der Waals surface area contributed by atoms with Crippen LogP contribution in [0, 0.1) is 0 Å². The molecule has 5 heteroatoms. The fourth-order valence-corrected chi connectivity index (χ4v) is 3.76. The van der Waals surface area contributed by atoms with Crippen LogP contribution in [0.3, 0.4) is 0 Å². The molecule has 30 heavy (non-hydrogen) atoms. The van der Waals surface area contributed by atoms with Gasteiger partial charge in [-0.1, -0.05) is 42.5 Å². The fourth-order valence-electron chi connectivity index (χ4n) is 3.76. The van der Waals surface area contributed by atoms with Crippen LogP contribution in [-0.2, 0) is 19.5 Å². The highest BCUT2D eigenvalue weighted by Gasteiger charge is 2.16. The van der Waals surface area contributed by atoms with Crippen LogP contribution in [0.5, 0.6) is 11.5 Å². The Labute approximate surface area is 177 Å². The molecule has 4 rings (SSSR count). The summed E-state index contributed by atoms with van der Waals surface area (Å²) in [6.07, 6.45) is 4.18. The first-order valence-electron chi connectivity index (χ1n) is 10.6. The van der Waals surface area contributed by atoms with Crippen LogP contribution >= 0.6 is 0 Å². The SMILES string of the molecule is O=c1cc(Oc2ccccc2)ccn1CCc1ccc(CN2CCC(O)CC2)cc1. The van der Waals surface area contributed by atoms with Crippen molar-refractivity contribution in [2.75, 3.05) is 13.1 Å². The summed E-state index contributed by atoms with van der Waals surface area (Å²) in [4.78, 5) is 14.8. The molecule has 0 bridgehead atoms. The molecule has 0 atom stereocenters. The molecule has 0 radical (unpaired) electrons. The van der Waals surface area contributed by atoms with Crippen LogP contribution in [0.25, 0.3) is 0 Å². The summed E-state index contributed by atoms with van der Waals surface area (Å²) in [5, 5.41) is 9.63. The highest BCUT2D eigenvalue weighted by molar-refractivity contribution is 5.29. The molecule has 0 unspecified atom stereocenters. The summed E-state index contributed by atoms with van der Waals surface area (Å²) < 4.78 is 7.44. The summed E-state index contributed by atoms with van der Waals surface area (Å²) in [5.74, 6) is 1.27. The number of likely N-dealkylation sites (tertiary alicyclic amines) is 1. The minimum atomic E-state index is -0.133. The largest absolute Gasteiger partial charge is 0.457 e. The molecule has 0 aliphatic carbocycles. The number of rotatable bonds is 7. The number of aryl methyl sites for hydroxylation is 2. The topological polar surface area (TPSA) is 54.7 Å². The predicted molar refractivity (Wildman–Crippen MR) is 118 cm³/mol. The maximum atomic E-state index is 12.4. The lowest BCUT2D eigenvalue weighted by atomic mass is 10.1. The smallest absolute Gasteiger partial charge is 0.254 e. The van der Waals surface area contributed by atoms with Crippen LogP contribution in [0.2, 0.25) is 0 Å². The Hall–Kier alpha value is -2.89. The Kier molecular flexibility index (Phi) is 6.62. The summed E-state index contributed by atoms with van der Waals surface area (Å²) in [7, 11) is 0. The lowest BCUT2D eigenvalue weighted by molar-refractivity contribution is 0.0792. The lowest BCUT2D eigenvalue weighted by Gasteiger charge is -2.29. The Morgan fingerprint density at radius 2 is 1.60 bits per heavy atom. The minimum absolute atomic E-state index is 0.0627. The van der Waals surface area contributed by atoms with Gasteiger partial charge in [0.2, 0.25) is 0 Å². The molecule has 1 fully saturated rings. The fraction of sp³-hybridized carbons (Fsp3) is 0.320. The van der Waals surface area contributed by atoms with Crippen molar-refractivity contribution in [3.63, 3.8) is 0 Å². The van der Waals surface area contributed by atoms with Gasteiger partial charge in [-0.25, -0.2) is 0 Å². The zero-order chi connectivity index (χ0) is 20.8. The van der Waals surface area contributed by atoms with Crippen molar-refractivity contribution in [3.05, 3.63) is 94.4 Å². The van der Waals surface area contributed by atoms with Crippen molar-refractivity contribution < 1.29 is 9.84 Å². The van der Waals surface area contributed by atoms with Crippen LogP contribution in [0.4, 0.5) is 0 Å². The van der Waals surface area contributed by atoms with E-state index in [9.17, 15) is 9.90 Å². The van der Waals surface area contributed by atoms with Gasteiger partial charge in [0.1, 0.15) is 11.5 Å². The second kappa shape index (κ2) is 9.74. The number of para-hydroxylation sites is 1. The number of pyridine rings is 1. The van der Waals surface area contributed by atoms with E-state index in [1.807, 2.05) is 36.4 Å². The van der Waals surface area contributed by atoms with E-state index in [2.05, 4.69) is 29.2 Å². The van der Waals surface area contributed by atoms with Gasteiger partial charge in [0.15, 0.2) is 0 Å². The van der Waals surface area contributed by atoms with Crippen LogP contribution in [-0.4, -0.2) is 33.8 Å². The zero-order valence-corrected chi connectivity index (χ0v) is 17.1. The highest BCUT2D eigenvalue weighted by atomic mass is 16.5. The van der Waals surface area contributed by atoms with Crippen LogP contribution < -0.4 is 10.3 Å². The Bertz CT molecular complexity index is 991. The van der Waals surface area contributed by atoms with E-state index in [-0.39, 0.29) is 11.7 Å². The first-order valence-corrected chi connectivity index (χ1v) is 10.6. The molecular weight excluding hydrogens is 376 g/mol. The van der Waals surface area contributed by atoms with Gasteiger partial charge < -0.3 is 14.4 Å². The summed E-state index contributed by atoms with van der Waals surface area (Å²) in [6, 6.07) is 21.4. The zero-order valence-electron chi connectivity index (χ0n) is 17.1.